The Kier molecular flexibility index (Phi) is 8.05. The molecule has 0 fully saturated rings. The average molecular weight is 383 g/mol. The highest BCUT2D eigenvalue weighted by molar-refractivity contribution is 5.79. The molecule has 0 saturated heterocycles. The number of rotatable bonds is 9. The van der Waals surface area contributed by atoms with Gasteiger partial charge in [0.05, 0.1) is 26.4 Å². The lowest BCUT2D eigenvalue weighted by molar-refractivity contribution is -0.139. The topological polar surface area (TPSA) is 57.1 Å². The third-order valence-electron chi connectivity index (χ3n) is 4.20. The Morgan fingerprint density at radius 1 is 1.00 bits per heavy atom. The van der Waals surface area contributed by atoms with E-state index in [-0.39, 0.29) is 17.8 Å². The van der Waals surface area contributed by atoms with Crippen molar-refractivity contribution < 1.29 is 19.1 Å². The summed E-state index contributed by atoms with van der Waals surface area (Å²) < 4.78 is 10.3. The van der Waals surface area contributed by atoms with E-state index in [1.165, 1.54) is 12.7 Å². The molecule has 0 aliphatic carbocycles. The van der Waals surface area contributed by atoms with Crippen LogP contribution in [0, 0.1) is 0 Å². The van der Waals surface area contributed by atoms with Crippen LogP contribution in [0.4, 0.5) is 0 Å². The van der Waals surface area contributed by atoms with Crippen LogP contribution < -0.4 is 4.74 Å². The normalized spacial score (nSPS) is 11.4. The molecular formula is C23H29NO4. The summed E-state index contributed by atoms with van der Waals surface area (Å²) in [5.74, 6) is 0.507. The van der Waals surface area contributed by atoms with Gasteiger partial charge in [0.2, 0.25) is 0 Å². The molecule has 0 amide bonds. The van der Waals surface area contributed by atoms with Crippen LogP contribution in [0.25, 0.3) is 0 Å². The Balaban J connectivity index is 1.64. The van der Waals surface area contributed by atoms with Crippen molar-refractivity contribution in [3.05, 3.63) is 65.2 Å². The first-order valence-electron chi connectivity index (χ1n) is 9.43. The second-order valence-electron chi connectivity index (χ2n) is 7.54. The molecule has 0 heterocycles. The molecule has 5 heteroatoms. The molecule has 0 aliphatic rings. The molecule has 28 heavy (non-hydrogen) atoms. The minimum atomic E-state index is -0.253. The van der Waals surface area contributed by atoms with E-state index in [2.05, 4.69) is 42.8 Å². The van der Waals surface area contributed by atoms with Gasteiger partial charge < -0.3 is 14.3 Å². The highest BCUT2D eigenvalue weighted by Crippen LogP contribution is 2.21. The number of oxime groups is 1. The molecule has 0 unspecified atom stereocenters. The zero-order chi connectivity index (χ0) is 20.4. The van der Waals surface area contributed by atoms with Crippen LogP contribution in [0.15, 0.2) is 53.7 Å². The first kappa shape index (κ1) is 21.5. The number of carbonyl (C=O) groups excluding carboxylic acids is 1. The quantitative estimate of drug-likeness (QED) is 0.276. The maximum Gasteiger partial charge on any atom is 0.309 e. The predicted molar refractivity (Wildman–Crippen MR) is 111 cm³/mol. The van der Waals surface area contributed by atoms with E-state index in [0.29, 0.717) is 13.2 Å². The summed E-state index contributed by atoms with van der Waals surface area (Å²) in [6.07, 6.45) is 2.71. The van der Waals surface area contributed by atoms with E-state index in [1.807, 2.05) is 36.4 Å². The van der Waals surface area contributed by atoms with Gasteiger partial charge in [-0.1, -0.05) is 62.3 Å². The maximum absolute atomic E-state index is 11.2. The first-order chi connectivity index (χ1) is 13.4. The molecular weight excluding hydrogens is 354 g/mol. The van der Waals surface area contributed by atoms with Gasteiger partial charge in [0.15, 0.2) is 0 Å². The summed E-state index contributed by atoms with van der Waals surface area (Å²) in [6.45, 7) is 7.59. The van der Waals surface area contributed by atoms with Crippen molar-refractivity contribution >= 4 is 12.2 Å². The van der Waals surface area contributed by atoms with Crippen LogP contribution >= 0.6 is 0 Å². The lowest BCUT2D eigenvalue weighted by Crippen LogP contribution is -2.10. The lowest BCUT2D eigenvalue weighted by Gasteiger charge is -2.18. The number of hydrogen-bond donors (Lipinski definition) is 0. The fourth-order valence-corrected chi connectivity index (χ4v) is 2.48. The van der Waals surface area contributed by atoms with Crippen molar-refractivity contribution in [2.45, 2.75) is 39.0 Å². The molecule has 2 aromatic carbocycles. The third kappa shape index (κ3) is 7.43. The second kappa shape index (κ2) is 10.5. The van der Waals surface area contributed by atoms with Crippen molar-refractivity contribution in [2.24, 2.45) is 5.16 Å². The second-order valence-corrected chi connectivity index (χ2v) is 7.54. The maximum atomic E-state index is 11.2. The van der Waals surface area contributed by atoms with Gasteiger partial charge in [0, 0.05) is 6.42 Å². The molecule has 0 atom stereocenters. The molecule has 0 spiro atoms. The van der Waals surface area contributed by atoms with Crippen LogP contribution in [0.3, 0.4) is 0 Å². The van der Waals surface area contributed by atoms with Crippen LogP contribution in [0.2, 0.25) is 0 Å². The zero-order valence-electron chi connectivity index (χ0n) is 17.1. The molecule has 0 N–H and O–H groups in total. The minimum Gasteiger partial charge on any atom is -0.493 e. The Morgan fingerprint density at radius 3 is 2.29 bits per heavy atom. The first-order valence-corrected chi connectivity index (χ1v) is 9.43. The summed E-state index contributed by atoms with van der Waals surface area (Å²) in [5.41, 5.74) is 3.35. The standard InChI is InChI=1S/C23H29NO4/c1-23(2,3)20-10-6-19(7-11-20)17-24-28-15-5-14-27-21-12-8-18(9-13-21)16-22(25)26-4/h6-13,17H,5,14-16H2,1-4H3. The number of carbonyl (C=O) groups is 1. The van der Waals surface area contributed by atoms with Gasteiger partial charge in [-0.2, -0.15) is 0 Å². The van der Waals surface area contributed by atoms with Crippen molar-refractivity contribution in [3.63, 3.8) is 0 Å². The van der Waals surface area contributed by atoms with E-state index >= 15 is 0 Å². The number of methoxy groups -OCH3 is 1. The Hall–Kier alpha value is -2.82. The number of benzene rings is 2. The largest absolute Gasteiger partial charge is 0.493 e. The number of esters is 1. The average Bonchev–Trinajstić information content (AvgIpc) is 2.68. The Labute approximate surface area is 167 Å². The molecule has 5 nitrogen and oxygen atoms in total. The molecule has 0 aromatic heterocycles. The van der Waals surface area contributed by atoms with Crippen molar-refractivity contribution in [2.75, 3.05) is 20.3 Å². The summed E-state index contributed by atoms with van der Waals surface area (Å²) in [5, 5.41) is 4.00. The molecule has 2 rings (SSSR count). The van der Waals surface area contributed by atoms with Crippen LogP contribution in [0.1, 0.15) is 43.9 Å². The fraction of sp³-hybridized carbons (Fsp3) is 0.391. The van der Waals surface area contributed by atoms with Crippen molar-refractivity contribution in [3.8, 4) is 5.75 Å². The molecule has 0 saturated carbocycles. The third-order valence-corrected chi connectivity index (χ3v) is 4.20. The summed E-state index contributed by atoms with van der Waals surface area (Å²) >= 11 is 0. The monoisotopic (exact) mass is 383 g/mol. The van der Waals surface area contributed by atoms with Gasteiger partial charge in [0.1, 0.15) is 12.4 Å². The van der Waals surface area contributed by atoms with E-state index in [9.17, 15) is 4.79 Å². The van der Waals surface area contributed by atoms with E-state index in [4.69, 9.17) is 9.57 Å². The van der Waals surface area contributed by atoms with Gasteiger partial charge in [-0.25, -0.2) is 0 Å². The highest BCUT2D eigenvalue weighted by atomic mass is 16.6. The van der Waals surface area contributed by atoms with Gasteiger partial charge in [-0.3, -0.25) is 4.79 Å². The fourth-order valence-electron chi connectivity index (χ4n) is 2.48. The lowest BCUT2D eigenvalue weighted by atomic mass is 9.87. The molecule has 0 radical (unpaired) electrons. The smallest absolute Gasteiger partial charge is 0.309 e. The number of hydrogen-bond acceptors (Lipinski definition) is 5. The van der Waals surface area contributed by atoms with Gasteiger partial charge in [-0.15, -0.1) is 0 Å². The minimum absolute atomic E-state index is 0.147. The summed E-state index contributed by atoms with van der Waals surface area (Å²) in [6, 6.07) is 15.7. The SMILES string of the molecule is COC(=O)Cc1ccc(OCCCON=Cc2ccc(C(C)(C)C)cc2)cc1. The Morgan fingerprint density at radius 2 is 1.68 bits per heavy atom. The van der Waals surface area contributed by atoms with E-state index in [1.54, 1.807) is 6.21 Å². The van der Waals surface area contributed by atoms with Gasteiger partial charge >= 0.3 is 5.97 Å². The van der Waals surface area contributed by atoms with Crippen LogP contribution in [-0.4, -0.2) is 32.5 Å². The van der Waals surface area contributed by atoms with Gasteiger partial charge in [0.25, 0.3) is 0 Å². The molecule has 150 valence electrons. The van der Waals surface area contributed by atoms with Crippen LogP contribution in [0.5, 0.6) is 5.75 Å². The summed E-state index contributed by atoms with van der Waals surface area (Å²) in [7, 11) is 1.38. The zero-order valence-corrected chi connectivity index (χ0v) is 17.1. The highest BCUT2D eigenvalue weighted by Gasteiger charge is 2.12. The Bertz CT molecular complexity index is 759. The van der Waals surface area contributed by atoms with Crippen molar-refractivity contribution in [1.29, 1.82) is 0 Å². The number of ether oxygens (including phenoxy) is 2. The molecule has 2 aromatic rings. The summed E-state index contributed by atoms with van der Waals surface area (Å²) in [4.78, 5) is 16.5. The molecule has 0 aliphatic heterocycles. The van der Waals surface area contributed by atoms with E-state index < -0.39 is 0 Å². The predicted octanol–water partition coefficient (Wildman–Crippen LogP) is 4.52. The number of nitrogens with zero attached hydrogens (tertiary/aromatic N) is 1. The van der Waals surface area contributed by atoms with Crippen LogP contribution in [-0.2, 0) is 26.2 Å². The van der Waals surface area contributed by atoms with Gasteiger partial charge in [-0.05, 0) is 34.2 Å². The van der Waals surface area contributed by atoms with E-state index in [0.717, 1.165) is 23.3 Å². The van der Waals surface area contributed by atoms with Crippen molar-refractivity contribution in [1.82, 2.24) is 0 Å². The molecule has 0 bridgehead atoms.